The zero-order valence-electron chi connectivity index (χ0n) is 9.59. The maximum absolute atomic E-state index is 13.6. The lowest BCUT2D eigenvalue weighted by Crippen LogP contribution is -2.22. The van der Waals surface area contributed by atoms with Crippen LogP contribution in [-0.2, 0) is 4.74 Å². The predicted octanol–water partition coefficient (Wildman–Crippen LogP) is 2.05. The Morgan fingerprint density at radius 2 is 2.12 bits per heavy atom. The van der Waals surface area contributed by atoms with E-state index in [4.69, 9.17) is 10.5 Å². The van der Waals surface area contributed by atoms with Crippen LogP contribution < -0.4 is 11.1 Å². The molecule has 0 radical (unpaired) electrons. The third-order valence-electron chi connectivity index (χ3n) is 2.17. The van der Waals surface area contributed by atoms with Crippen molar-refractivity contribution in [1.29, 1.82) is 0 Å². The Bertz CT molecular complexity index is 426. The van der Waals surface area contributed by atoms with Crippen LogP contribution in [0.5, 0.6) is 0 Å². The van der Waals surface area contributed by atoms with E-state index < -0.39 is 11.6 Å². The molecule has 0 aromatic heterocycles. The van der Waals surface area contributed by atoms with Gasteiger partial charge in [-0.25, -0.2) is 8.78 Å². The highest BCUT2D eigenvalue weighted by atomic mass is 32.1. The van der Waals surface area contributed by atoms with Crippen molar-refractivity contribution in [3.05, 3.63) is 29.3 Å². The van der Waals surface area contributed by atoms with Gasteiger partial charge in [-0.2, -0.15) is 0 Å². The lowest BCUT2D eigenvalue weighted by Gasteiger charge is -2.15. The second kappa shape index (κ2) is 5.88. The second-order valence-corrected chi connectivity index (χ2v) is 4.09. The lowest BCUT2D eigenvalue weighted by molar-refractivity contribution is 0.190. The van der Waals surface area contributed by atoms with Gasteiger partial charge in [-0.1, -0.05) is 12.2 Å². The molecule has 1 rings (SSSR count). The number of anilines is 1. The molecule has 1 aromatic carbocycles. The fraction of sp³-hybridized carbons (Fsp3) is 0.364. The Labute approximate surface area is 104 Å². The van der Waals surface area contributed by atoms with E-state index in [2.05, 4.69) is 17.5 Å². The number of nitrogens with two attached hydrogens (primary N) is 1. The molecule has 17 heavy (non-hydrogen) atoms. The van der Waals surface area contributed by atoms with Crippen molar-refractivity contribution in [1.82, 2.24) is 0 Å². The summed E-state index contributed by atoms with van der Waals surface area (Å²) in [4.78, 5) is -0.169. The first-order valence-electron chi connectivity index (χ1n) is 5.00. The minimum absolute atomic E-state index is 0.0621. The van der Waals surface area contributed by atoms with E-state index in [1.807, 2.05) is 0 Å². The molecule has 0 aliphatic rings. The summed E-state index contributed by atoms with van der Waals surface area (Å²) in [6, 6.07) is 2.62. The SMILES string of the molecule is COCC(C)Nc1ccc(C(N)=S)c(F)c1F. The molecular weight excluding hydrogens is 246 g/mol. The van der Waals surface area contributed by atoms with E-state index >= 15 is 0 Å². The maximum atomic E-state index is 13.6. The number of ether oxygens (including phenoxy) is 1. The van der Waals surface area contributed by atoms with Crippen LogP contribution in [0.4, 0.5) is 14.5 Å². The summed E-state index contributed by atoms with van der Waals surface area (Å²) in [6.45, 7) is 2.18. The molecule has 0 heterocycles. The number of thiocarbonyl (C=S) groups is 1. The Balaban J connectivity index is 2.96. The van der Waals surface area contributed by atoms with Crippen LogP contribution in [0.15, 0.2) is 12.1 Å². The van der Waals surface area contributed by atoms with E-state index in [-0.39, 0.29) is 22.3 Å². The Kier molecular flexibility index (Phi) is 4.77. The van der Waals surface area contributed by atoms with Crippen LogP contribution in [0.1, 0.15) is 12.5 Å². The normalized spacial score (nSPS) is 12.2. The minimum atomic E-state index is -1.04. The first-order chi connectivity index (χ1) is 7.97. The van der Waals surface area contributed by atoms with Crippen LogP contribution in [-0.4, -0.2) is 24.7 Å². The van der Waals surface area contributed by atoms with Crippen molar-refractivity contribution < 1.29 is 13.5 Å². The van der Waals surface area contributed by atoms with Crippen molar-refractivity contribution in [3.63, 3.8) is 0 Å². The van der Waals surface area contributed by atoms with Gasteiger partial charge >= 0.3 is 0 Å². The fourth-order valence-corrected chi connectivity index (χ4v) is 1.57. The molecule has 1 atom stereocenters. The molecule has 0 spiro atoms. The van der Waals surface area contributed by atoms with Crippen molar-refractivity contribution in [3.8, 4) is 0 Å². The molecule has 1 unspecified atom stereocenters. The number of benzene rings is 1. The number of halogens is 2. The monoisotopic (exact) mass is 260 g/mol. The third-order valence-corrected chi connectivity index (χ3v) is 2.39. The standard InChI is InChI=1S/C11H14F2N2OS/c1-6(5-16-2)15-8-4-3-7(11(14)17)9(12)10(8)13/h3-4,6,15H,5H2,1-2H3,(H2,14,17). The Morgan fingerprint density at radius 1 is 1.47 bits per heavy atom. The van der Waals surface area contributed by atoms with Gasteiger partial charge in [0.15, 0.2) is 11.6 Å². The highest BCUT2D eigenvalue weighted by molar-refractivity contribution is 7.80. The largest absolute Gasteiger partial charge is 0.389 e. The molecule has 3 nitrogen and oxygen atoms in total. The van der Waals surface area contributed by atoms with E-state index in [0.717, 1.165) is 0 Å². The van der Waals surface area contributed by atoms with Crippen LogP contribution in [0.2, 0.25) is 0 Å². The van der Waals surface area contributed by atoms with E-state index in [1.165, 1.54) is 19.2 Å². The van der Waals surface area contributed by atoms with Crippen molar-refractivity contribution in [2.24, 2.45) is 5.73 Å². The summed E-state index contributed by atoms with van der Waals surface area (Å²) in [7, 11) is 1.53. The zero-order chi connectivity index (χ0) is 13.0. The summed E-state index contributed by atoms with van der Waals surface area (Å²) in [6.07, 6.45) is 0. The molecular formula is C11H14F2N2OS. The topological polar surface area (TPSA) is 47.3 Å². The van der Waals surface area contributed by atoms with Crippen molar-refractivity contribution in [2.75, 3.05) is 19.0 Å². The maximum Gasteiger partial charge on any atom is 0.182 e. The average molecular weight is 260 g/mol. The highest BCUT2D eigenvalue weighted by Gasteiger charge is 2.15. The van der Waals surface area contributed by atoms with Crippen LogP contribution in [0, 0.1) is 11.6 Å². The smallest absolute Gasteiger partial charge is 0.182 e. The van der Waals surface area contributed by atoms with Gasteiger partial charge in [0.05, 0.1) is 12.3 Å². The van der Waals surface area contributed by atoms with Gasteiger partial charge in [0, 0.05) is 18.7 Å². The quantitative estimate of drug-likeness (QED) is 0.795. The molecule has 0 amide bonds. The summed E-state index contributed by atoms with van der Waals surface area (Å²) in [5.74, 6) is -2.02. The van der Waals surface area contributed by atoms with Crippen molar-refractivity contribution >= 4 is 22.9 Å². The van der Waals surface area contributed by atoms with Gasteiger partial charge in [0.2, 0.25) is 0 Å². The van der Waals surface area contributed by atoms with E-state index in [1.54, 1.807) is 6.92 Å². The van der Waals surface area contributed by atoms with E-state index in [9.17, 15) is 8.78 Å². The predicted molar refractivity (Wildman–Crippen MR) is 67.2 cm³/mol. The van der Waals surface area contributed by atoms with Gasteiger partial charge in [-0.3, -0.25) is 0 Å². The molecule has 6 heteroatoms. The third kappa shape index (κ3) is 3.34. The lowest BCUT2D eigenvalue weighted by atomic mass is 10.1. The molecule has 0 saturated carbocycles. The summed E-state index contributed by atoms with van der Waals surface area (Å²) in [5.41, 5.74) is 5.23. The summed E-state index contributed by atoms with van der Waals surface area (Å²) < 4.78 is 32.1. The van der Waals surface area contributed by atoms with Crippen LogP contribution in [0.25, 0.3) is 0 Å². The number of nitrogens with one attached hydrogen (secondary N) is 1. The molecule has 0 aliphatic heterocycles. The van der Waals surface area contributed by atoms with Crippen molar-refractivity contribution in [2.45, 2.75) is 13.0 Å². The highest BCUT2D eigenvalue weighted by Crippen LogP contribution is 2.21. The molecule has 0 aliphatic carbocycles. The fourth-order valence-electron chi connectivity index (χ4n) is 1.41. The average Bonchev–Trinajstić information content (AvgIpc) is 2.25. The summed E-state index contributed by atoms with van der Waals surface area (Å²) in [5, 5.41) is 2.79. The zero-order valence-corrected chi connectivity index (χ0v) is 10.4. The Morgan fingerprint density at radius 3 is 2.65 bits per heavy atom. The molecule has 0 saturated heterocycles. The van der Waals surface area contributed by atoms with E-state index in [0.29, 0.717) is 6.61 Å². The first kappa shape index (κ1) is 13.8. The van der Waals surface area contributed by atoms with Gasteiger partial charge in [0.25, 0.3) is 0 Å². The Hall–Kier alpha value is -1.27. The van der Waals surface area contributed by atoms with Gasteiger partial charge in [-0.15, -0.1) is 0 Å². The molecule has 1 aromatic rings. The van der Waals surface area contributed by atoms with Crippen LogP contribution >= 0.6 is 12.2 Å². The molecule has 0 fully saturated rings. The molecule has 3 N–H and O–H groups in total. The number of rotatable bonds is 5. The first-order valence-corrected chi connectivity index (χ1v) is 5.41. The minimum Gasteiger partial charge on any atom is -0.389 e. The molecule has 0 bridgehead atoms. The second-order valence-electron chi connectivity index (χ2n) is 3.65. The number of methoxy groups -OCH3 is 1. The van der Waals surface area contributed by atoms with Gasteiger partial charge < -0.3 is 15.8 Å². The van der Waals surface area contributed by atoms with Gasteiger partial charge in [0.1, 0.15) is 4.99 Å². The van der Waals surface area contributed by atoms with Crippen LogP contribution in [0.3, 0.4) is 0 Å². The number of hydrogen-bond donors (Lipinski definition) is 2. The van der Waals surface area contributed by atoms with Gasteiger partial charge in [-0.05, 0) is 19.1 Å². The summed E-state index contributed by atoms with van der Waals surface area (Å²) >= 11 is 4.61. The molecule has 94 valence electrons. The number of hydrogen-bond acceptors (Lipinski definition) is 3.